The molecule has 0 aromatic carbocycles. The molecule has 0 radical (unpaired) electrons. The predicted molar refractivity (Wildman–Crippen MR) is 53.3 cm³/mol. The van der Waals surface area contributed by atoms with Crippen LogP contribution in [-0.2, 0) is 14.9 Å². The Morgan fingerprint density at radius 1 is 1.54 bits per heavy atom. The van der Waals surface area contributed by atoms with Crippen molar-refractivity contribution in [3.63, 3.8) is 0 Å². The minimum atomic E-state index is -3.89. The lowest BCUT2D eigenvalue weighted by Crippen LogP contribution is -2.05. The van der Waals surface area contributed by atoms with Gasteiger partial charge in [-0.05, 0) is 18.9 Å². The lowest BCUT2D eigenvalue weighted by atomic mass is 10.4. The zero-order valence-electron chi connectivity index (χ0n) is 7.32. The second-order valence-electron chi connectivity index (χ2n) is 2.56. The van der Waals surface area contributed by atoms with Crippen molar-refractivity contribution in [3.8, 4) is 0 Å². The maximum absolute atomic E-state index is 10.9. The average Bonchev–Trinajstić information content (AvgIpc) is 1.95. The van der Waals surface area contributed by atoms with Gasteiger partial charge in [-0.3, -0.25) is 9.35 Å². The molecule has 0 rings (SSSR count). The van der Waals surface area contributed by atoms with Gasteiger partial charge in [0.15, 0.2) is 0 Å². The highest BCUT2D eigenvalue weighted by molar-refractivity contribution is 8.14. The third-order valence-electron chi connectivity index (χ3n) is 1.13. The highest BCUT2D eigenvalue weighted by Crippen LogP contribution is 2.10. The second-order valence-corrected chi connectivity index (χ2v) is 5.20. The molecule has 4 nitrogen and oxygen atoms in total. The number of carbonyl (C=O) groups excluding carboxylic acids is 1. The molecule has 0 atom stereocenters. The maximum Gasteiger partial charge on any atom is 0.264 e. The highest BCUT2D eigenvalue weighted by Gasteiger charge is 2.06. The van der Waals surface area contributed by atoms with E-state index in [0.29, 0.717) is 11.3 Å². The molecule has 0 aliphatic heterocycles. The molecule has 0 aliphatic carbocycles. The van der Waals surface area contributed by atoms with E-state index >= 15 is 0 Å². The van der Waals surface area contributed by atoms with Crippen LogP contribution in [0.25, 0.3) is 0 Å². The Bertz CT molecular complexity index is 292. The van der Waals surface area contributed by atoms with Crippen molar-refractivity contribution in [3.05, 3.63) is 12.2 Å². The molecular weight excluding hydrogens is 212 g/mol. The quantitative estimate of drug-likeness (QED) is 0.430. The molecule has 0 heterocycles. The van der Waals surface area contributed by atoms with Crippen LogP contribution < -0.4 is 0 Å². The molecule has 0 aromatic rings. The number of rotatable bonds is 5. The van der Waals surface area contributed by atoms with E-state index in [2.05, 4.69) is 6.58 Å². The third-order valence-corrected chi connectivity index (χ3v) is 3.04. The molecule has 0 amide bonds. The Labute approximate surface area is 82.2 Å². The van der Waals surface area contributed by atoms with Gasteiger partial charge in [-0.2, -0.15) is 8.42 Å². The largest absolute Gasteiger partial charge is 0.286 e. The van der Waals surface area contributed by atoms with Gasteiger partial charge in [-0.15, -0.1) is 0 Å². The predicted octanol–water partition coefficient (Wildman–Crippen LogP) is 1.10. The molecule has 0 bridgehead atoms. The van der Waals surface area contributed by atoms with Crippen molar-refractivity contribution < 1.29 is 17.8 Å². The Balaban J connectivity index is 3.59. The SMILES string of the molecule is C=C(C)C(=O)SCCCS(=O)(=O)O. The number of carbonyl (C=O) groups is 1. The van der Waals surface area contributed by atoms with Gasteiger partial charge in [0.25, 0.3) is 10.1 Å². The first kappa shape index (κ1) is 12.7. The monoisotopic (exact) mass is 224 g/mol. The van der Waals surface area contributed by atoms with Gasteiger partial charge >= 0.3 is 0 Å². The van der Waals surface area contributed by atoms with Gasteiger partial charge in [-0.25, -0.2) is 0 Å². The minimum Gasteiger partial charge on any atom is -0.286 e. The lowest BCUT2D eigenvalue weighted by Gasteiger charge is -1.98. The zero-order chi connectivity index (χ0) is 10.5. The summed E-state index contributed by atoms with van der Waals surface area (Å²) in [7, 11) is -3.89. The smallest absolute Gasteiger partial charge is 0.264 e. The first-order valence-electron chi connectivity index (χ1n) is 3.61. The normalized spacial score (nSPS) is 11.2. The molecular formula is C7H12O4S2. The first-order valence-corrected chi connectivity index (χ1v) is 6.20. The molecule has 0 aromatic heterocycles. The topological polar surface area (TPSA) is 71.4 Å². The summed E-state index contributed by atoms with van der Waals surface area (Å²) < 4.78 is 28.9. The molecule has 6 heteroatoms. The number of hydrogen-bond donors (Lipinski definition) is 1. The fourth-order valence-electron chi connectivity index (χ4n) is 0.529. The molecule has 1 N–H and O–H groups in total. The summed E-state index contributed by atoms with van der Waals surface area (Å²) in [6.07, 6.45) is 0.266. The maximum atomic E-state index is 10.9. The molecule has 0 aliphatic rings. The standard InChI is InChI=1S/C7H12O4S2/c1-6(2)7(8)12-4-3-5-13(9,10)11/h1,3-5H2,2H3,(H,9,10,11). The van der Waals surface area contributed by atoms with Crippen LogP contribution in [0.1, 0.15) is 13.3 Å². The fourth-order valence-corrected chi connectivity index (χ4v) is 1.94. The average molecular weight is 224 g/mol. The molecule has 13 heavy (non-hydrogen) atoms. The van der Waals surface area contributed by atoms with E-state index in [4.69, 9.17) is 4.55 Å². The number of hydrogen-bond acceptors (Lipinski definition) is 4. The summed E-state index contributed by atoms with van der Waals surface area (Å²) in [4.78, 5) is 10.9. The molecule has 76 valence electrons. The zero-order valence-corrected chi connectivity index (χ0v) is 8.95. The van der Waals surface area contributed by atoms with Gasteiger partial charge in [0.05, 0.1) is 5.75 Å². The van der Waals surface area contributed by atoms with Crippen LogP contribution in [0, 0.1) is 0 Å². The van der Waals surface area contributed by atoms with Crippen LogP contribution in [0.5, 0.6) is 0 Å². The minimum absolute atomic E-state index is 0.143. The summed E-state index contributed by atoms with van der Waals surface area (Å²) in [6.45, 7) is 5.04. The van der Waals surface area contributed by atoms with Gasteiger partial charge in [0.1, 0.15) is 0 Å². The number of thioether (sulfide) groups is 1. The fraction of sp³-hybridized carbons (Fsp3) is 0.571. The van der Waals surface area contributed by atoms with Crippen molar-refractivity contribution in [1.82, 2.24) is 0 Å². The van der Waals surface area contributed by atoms with E-state index in [9.17, 15) is 13.2 Å². The van der Waals surface area contributed by atoms with E-state index in [1.807, 2.05) is 0 Å². The first-order chi connectivity index (χ1) is 5.83. The molecule has 0 saturated heterocycles. The van der Waals surface area contributed by atoms with E-state index < -0.39 is 10.1 Å². The van der Waals surface area contributed by atoms with Crippen molar-refractivity contribution >= 4 is 27.0 Å². The van der Waals surface area contributed by atoms with E-state index in [-0.39, 0.29) is 17.3 Å². The van der Waals surface area contributed by atoms with Crippen molar-refractivity contribution in [2.75, 3.05) is 11.5 Å². The summed E-state index contributed by atoms with van der Waals surface area (Å²) in [6, 6.07) is 0. The summed E-state index contributed by atoms with van der Waals surface area (Å²) in [5.74, 6) is 0.0783. The van der Waals surface area contributed by atoms with E-state index in [0.717, 1.165) is 11.8 Å². The van der Waals surface area contributed by atoms with Gasteiger partial charge in [0, 0.05) is 5.75 Å². The van der Waals surface area contributed by atoms with Crippen LogP contribution in [0.3, 0.4) is 0 Å². The van der Waals surface area contributed by atoms with Gasteiger partial charge in [-0.1, -0.05) is 18.3 Å². The van der Waals surface area contributed by atoms with Crippen LogP contribution >= 0.6 is 11.8 Å². The Kier molecular flexibility index (Phi) is 5.27. The van der Waals surface area contributed by atoms with Crippen molar-refractivity contribution in [1.29, 1.82) is 0 Å². The molecule has 0 fully saturated rings. The second kappa shape index (κ2) is 5.41. The highest BCUT2D eigenvalue weighted by atomic mass is 32.2. The third kappa shape index (κ3) is 8.01. The van der Waals surface area contributed by atoms with Gasteiger partial charge < -0.3 is 0 Å². The van der Waals surface area contributed by atoms with Crippen LogP contribution in [-0.4, -0.2) is 29.6 Å². The van der Waals surface area contributed by atoms with E-state index in [1.165, 1.54) is 0 Å². The Morgan fingerprint density at radius 3 is 2.46 bits per heavy atom. The van der Waals surface area contributed by atoms with Crippen LogP contribution in [0.4, 0.5) is 0 Å². The van der Waals surface area contributed by atoms with Crippen LogP contribution in [0.15, 0.2) is 12.2 Å². The summed E-state index contributed by atoms with van der Waals surface area (Å²) in [5, 5.41) is -0.143. The van der Waals surface area contributed by atoms with Gasteiger partial charge in [0.2, 0.25) is 5.12 Å². The van der Waals surface area contributed by atoms with E-state index in [1.54, 1.807) is 6.92 Å². The van der Waals surface area contributed by atoms with Crippen molar-refractivity contribution in [2.24, 2.45) is 0 Å². The van der Waals surface area contributed by atoms with Crippen molar-refractivity contribution in [2.45, 2.75) is 13.3 Å². The van der Waals surface area contributed by atoms with Crippen LogP contribution in [0.2, 0.25) is 0 Å². The molecule has 0 saturated carbocycles. The molecule has 0 spiro atoms. The molecule has 0 unspecified atom stereocenters. The Morgan fingerprint density at radius 2 is 2.08 bits per heavy atom. The lowest BCUT2D eigenvalue weighted by molar-refractivity contribution is -0.107. The summed E-state index contributed by atoms with van der Waals surface area (Å²) in [5.41, 5.74) is 0.442. The summed E-state index contributed by atoms with van der Waals surface area (Å²) >= 11 is 1.01. The Hall–Kier alpha value is -0.330.